The smallest absolute Gasteiger partial charge is 0.253 e. The van der Waals surface area contributed by atoms with Gasteiger partial charge in [-0.05, 0) is 44.7 Å². The van der Waals surface area contributed by atoms with E-state index in [9.17, 15) is 4.79 Å². The molecule has 31 heavy (non-hydrogen) atoms. The molecule has 3 heterocycles. The van der Waals surface area contributed by atoms with Gasteiger partial charge < -0.3 is 4.57 Å². The van der Waals surface area contributed by atoms with Gasteiger partial charge in [0.15, 0.2) is 0 Å². The minimum atomic E-state index is -0.221. The second-order valence-electron chi connectivity index (χ2n) is 7.43. The number of nitrogens with zero attached hydrogens (tertiary/aromatic N) is 6. The van der Waals surface area contributed by atoms with Crippen molar-refractivity contribution >= 4 is 23.4 Å². The topological polar surface area (TPSA) is 77.4 Å². The Kier molecular flexibility index (Phi) is 5.99. The third-order valence-corrected chi connectivity index (χ3v) is 5.71. The van der Waals surface area contributed by atoms with Crippen molar-refractivity contribution in [1.29, 1.82) is 0 Å². The number of aromatic nitrogens is 5. The van der Waals surface area contributed by atoms with Gasteiger partial charge in [-0.1, -0.05) is 47.7 Å². The molecule has 1 amide bonds. The van der Waals surface area contributed by atoms with Crippen molar-refractivity contribution in [3.63, 3.8) is 0 Å². The Bertz CT molecular complexity index is 1320. The standard InChI is InChI=1S/C23H24N6OS/c1-15-8-10-18(11-9-15)14-28-12-6-5-7-20(28)25-21(30)13-19-16(2)24-22-26-23(31-4)27-29(22)17(19)3/h5-12H,13-14H2,1-4H3. The summed E-state index contributed by atoms with van der Waals surface area (Å²) < 4.78 is 3.67. The first kappa shape index (κ1) is 21.0. The molecule has 0 saturated carbocycles. The van der Waals surface area contributed by atoms with Crippen molar-refractivity contribution in [2.45, 2.75) is 38.9 Å². The van der Waals surface area contributed by atoms with Gasteiger partial charge in [0.2, 0.25) is 5.16 Å². The van der Waals surface area contributed by atoms with Crippen molar-refractivity contribution in [2.75, 3.05) is 6.26 Å². The van der Waals surface area contributed by atoms with Crippen molar-refractivity contribution < 1.29 is 4.79 Å². The maximum Gasteiger partial charge on any atom is 0.253 e. The predicted octanol–water partition coefficient (Wildman–Crippen LogP) is 3.29. The molecule has 0 spiro atoms. The average Bonchev–Trinajstić information content (AvgIpc) is 3.17. The van der Waals surface area contributed by atoms with Crippen LogP contribution in [-0.4, -0.2) is 36.3 Å². The lowest BCUT2D eigenvalue weighted by Gasteiger charge is -2.09. The van der Waals surface area contributed by atoms with Crippen LogP contribution in [0.5, 0.6) is 0 Å². The van der Waals surface area contributed by atoms with Gasteiger partial charge in [-0.25, -0.2) is 9.50 Å². The van der Waals surface area contributed by atoms with Crippen LogP contribution in [0.1, 0.15) is 28.1 Å². The lowest BCUT2D eigenvalue weighted by atomic mass is 10.1. The third-order valence-electron chi connectivity index (χ3n) is 5.17. The fraction of sp³-hybridized carbons (Fsp3) is 0.261. The molecule has 0 N–H and O–H groups in total. The maximum absolute atomic E-state index is 12.9. The minimum Gasteiger partial charge on any atom is -0.328 e. The Balaban J connectivity index is 1.64. The van der Waals surface area contributed by atoms with Crippen LogP contribution in [0.25, 0.3) is 5.78 Å². The summed E-state index contributed by atoms with van der Waals surface area (Å²) in [6, 6.07) is 14.0. The van der Waals surface area contributed by atoms with Crippen LogP contribution in [-0.2, 0) is 17.8 Å². The number of hydrogen-bond acceptors (Lipinski definition) is 5. The zero-order valence-corrected chi connectivity index (χ0v) is 18.8. The van der Waals surface area contributed by atoms with Crippen LogP contribution in [0.3, 0.4) is 0 Å². The van der Waals surface area contributed by atoms with E-state index in [0.717, 1.165) is 22.5 Å². The first-order chi connectivity index (χ1) is 14.9. The zero-order chi connectivity index (χ0) is 22.0. The molecular weight excluding hydrogens is 408 g/mol. The molecule has 0 bridgehead atoms. The van der Waals surface area contributed by atoms with Gasteiger partial charge in [0.1, 0.15) is 5.49 Å². The van der Waals surface area contributed by atoms with Gasteiger partial charge in [-0.15, -0.1) is 5.10 Å². The Morgan fingerprint density at radius 3 is 2.58 bits per heavy atom. The predicted molar refractivity (Wildman–Crippen MR) is 121 cm³/mol. The molecule has 0 saturated heterocycles. The number of pyridine rings is 1. The van der Waals surface area contributed by atoms with E-state index in [4.69, 9.17) is 0 Å². The van der Waals surface area contributed by atoms with Crippen LogP contribution in [0, 0.1) is 20.8 Å². The minimum absolute atomic E-state index is 0.161. The number of amides is 1. The van der Waals surface area contributed by atoms with Crippen LogP contribution in [0.2, 0.25) is 0 Å². The molecule has 0 aliphatic carbocycles. The molecule has 3 aromatic heterocycles. The lowest BCUT2D eigenvalue weighted by Crippen LogP contribution is -2.23. The van der Waals surface area contributed by atoms with Gasteiger partial charge in [0, 0.05) is 29.7 Å². The first-order valence-corrected chi connectivity index (χ1v) is 11.2. The van der Waals surface area contributed by atoms with Crippen LogP contribution >= 0.6 is 11.8 Å². The summed E-state index contributed by atoms with van der Waals surface area (Å²) in [6.45, 7) is 6.54. The maximum atomic E-state index is 12.9. The Labute approximate surface area is 184 Å². The Morgan fingerprint density at radius 2 is 1.84 bits per heavy atom. The summed E-state index contributed by atoms with van der Waals surface area (Å²) in [6.07, 6.45) is 4.02. The third kappa shape index (κ3) is 4.59. The van der Waals surface area contributed by atoms with Gasteiger partial charge in [0.25, 0.3) is 11.7 Å². The van der Waals surface area contributed by atoms with Gasteiger partial charge in [-0.3, -0.25) is 4.79 Å². The van der Waals surface area contributed by atoms with E-state index in [1.54, 1.807) is 4.52 Å². The second kappa shape index (κ2) is 8.85. The van der Waals surface area contributed by atoms with E-state index in [-0.39, 0.29) is 12.3 Å². The fourth-order valence-corrected chi connectivity index (χ4v) is 3.78. The molecule has 4 aromatic rings. The largest absolute Gasteiger partial charge is 0.328 e. The van der Waals surface area contributed by atoms with Gasteiger partial charge in [0.05, 0.1) is 6.42 Å². The van der Waals surface area contributed by atoms with Crippen LogP contribution in [0.4, 0.5) is 0 Å². The normalized spacial score (nSPS) is 11.9. The molecular formula is C23H24N6OS. The summed E-state index contributed by atoms with van der Waals surface area (Å²) in [4.78, 5) is 26.2. The molecule has 0 fully saturated rings. The highest BCUT2D eigenvalue weighted by molar-refractivity contribution is 7.98. The van der Waals surface area contributed by atoms with E-state index in [0.29, 0.717) is 23.0 Å². The quantitative estimate of drug-likeness (QED) is 0.452. The average molecular weight is 433 g/mol. The Morgan fingerprint density at radius 1 is 1.06 bits per heavy atom. The first-order valence-electron chi connectivity index (χ1n) is 10.00. The Hall–Kier alpha value is -3.26. The van der Waals surface area contributed by atoms with Crippen molar-refractivity contribution in [1.82, 2.24) is 24.1 Å². The highest BCUT2D eigenvalue weighted by atomic mass is 32.2. The number of aryl methyl sites for hydroxylation is 3. The molecule has 0 atom stereocenters. The van der Waals surface area contributed by atoms with Crippen molar-refractivity contribution in [3.05, 3.63) is 82.2 Å². The number of thioether (sulfide) groups is 1. The molecule has 0 aliphatic heterocycles. The molecule has 0 radical (unpaired) electrons. The fourth-order valence-electron chi connectivity index (χ4n) is 3.44. The lowest BCUT2D eigenvalue weighted by molar-refractivity contribution is -0.117. The summed E-state index contributed by atoms with van der Waals surface area (Å²) in [5, 5.41) is 5.11. The van der Waals surface area contributed by atoms with E-state index in [1.807, 2.05) is 49.1 Å². The summed E-state index contributed by atoms with van der Waals surface area (Å²) >= 11 is 1.46. The number of carbonyl (C=O) groups is 1. The molecule has 158 valence electrons. The van der Waals surface area contributed by atoms with Crippen molar-refractivity contribution in [2.24, 2.45) is 4.99 Å². The highest BCUT2D eigenvalue weighted by Crippen LogP contribution is 2.17. The number of fused-ring (bicyclic) bond motifs is 1. The van der Waals surface area contributed by atoms with Crippen LogP contribution < -0.4 is 5.49 Å². The molecule has 0 aliphatic rings. The summed E-state index contributed by atoms with van der Waals surface area (Å²) in [7, 11) is 0. The number of benzene rings is 1. The van der Waals surface area contributed by atoms with E-state index < -0.39 is 0 Å². The number of carbonyl (C=O) groups excluding carboxylic acids is 1. The highest BCUT2D eigenvalue weighted by Gasteiger charge is 2.15. The monoisotopic (exact) mass is 432 g/mol. The van der Waals surface area contributed by atoms with E-state index in [1.165, 1.54) is 17.3 Å². The summed E-state index contributed by atoms with van der Waals surface area (Å²) in [5.41, 5.74) is 5.47. The zero-order valence-electron chi connectivity index (χ0n) is 18.0. The van der Waals surface area contributed by atoms with Gasteiger partial charge >= 0.3 is 0 Å². The molecule has 0 unspecified atom stereocenters. The molecule has 1 aromatic carbocycles. The number of hydrogen-bond donors (Lipinski definition) is 0. The molecule has 7 nitrogen and oxygen atoms in total. The molecule has 8 heteroatoms. The van der Waals surface area contributed by atoms with Crippen LogP contribution in [0.15, 0.2) is 58.8 Å². The van der Waals surface area contributed by atoms with Crippen molar-refractivity contribution in [3.8, 4) is 0 Å². The second-order valence-corrected chi connectivity index (χ2v) is 8.20. The summed E-state index contributed by atoms with van der Waals surface area (Å²) in [5.74, 6) is 0.327. The van der Waals surface area contributed by atoms with Gasteiger partial charge in [-0.2, -0.15) is 9.98 Å². The van der Waals surface area contributed by atoms with E-state index >= 15 is 0 Å². The SMILES string of the molecule is CSc1nc2nc(C)c(CC(=O)N=c3ccccn3Cc3ccc(C)cc3)c(C)n2n1. The molecule has 4 rings (SSSR count). The number of rotatable bonds is 5. The van der Waals surface area contributed by atoms with E-state index in [2.05, 4.69) is 51.2 Å².